The van der Waals surface area contributed by atoms with Crippen LogP contribution in [0.1, 0.15) is 26.3 Å². The first-order valence-corrected chi connectivity index (χ1v) is 7.50. The molecule has 2 rings (SSSR count). The Morgan fingerprint density at radius 2 is 2.00 bits per heavy atom. The maximum Gasteiger partial charge on any atom is 0.196 e. The smallest absolute Gasteiger partial charge is 0.196 e. The number of Topliss-reactive ketones (excluding diaryl/α,β-unsaturated/α-hetero) is 1. The molecule has 0 saturated heterocycles. The zero-order valence-corrected chi connectivity index (χ0v) is 13.1. The fourth-order valence-corrected chi connectivity index (χ4v) is 2.75. The summed E-state index contributed by atoms with van der Waals surface area (Å²) in [7, 11) is 0. The molecular weight excluding hydrogens is 270 g/mol. The monoisotopic (exact) mass is 289 g/mol. The molecule has 0 bridgehead atoms. The average molecular weight is 289 g/mol. The summed E-state index contributed by atoms with van der Waals surface area (Å²) in [5.41, 5.74) is 1.88. The van der Waals surface area contributed by atoms with E-state index in [0.29, 0.717) is 5.75 Å². The highest BCUT2D eigenvalue weighted by Gasteiger charge is 2.22. The molecule has 0 amide bonds. The van der Waals surface area contributed by atoms with Crippen molar-refractivity contribution in [2.75, 3.05) is 5.75 Å². The molecule has 0 N–H and O–H groups in total. The van der Waals surface area contributed by atoms with Crippen LogP contribution in [0.3, 0.4) is 0 Å². The molecule has 4 nitrogen and oxygen atoms in total. The highest BCUT2D eigenvalue weighted by atomic mass is 32.2. The van der Waals surface area contributed by atoms with Crippen molar-refractivity contribution < 1.29 is 4.79 Å². The Labute approximate surface area is 123 Å². The van der Waals surface area contributed by atoms with Crippen LogP contribution in [0.15, 0.2) is 35.7 Å². The van der Waals surface area contributed by atoms with Gasteiger partial charge in [-0.1, -0.05) is 50.7 Å². The predicted molar refractivity (Wildman–Crippen MR) is 81.3 cm³/mol. The van der Waals surface area contributed by atoms with Crippen molar-refractivity contribution >= 4 is 17.5 Å². The Hall–Kier alpha value is -1.62. The van der Waals surface area contributed by atoms with Crippen LogP contribution in [0, 0.1) is 12.3 Å². The minimum atomic E-state index is -0.319. The van der Waals surface area contributed by atoms with Gasteiger partial charge >= 0.3 is 0 Å². The van der Waals surface area contributed by atoms with Crippen LogP contribution in [-0.4, -0.2) is 26.3 Å². The van der Waals surface area contributed by atoms with Gasteiger partial charge in [-0.3, -0.25) is 9.36 Å². The van der Waals surface area contributed by atoms with Gasteiger partial charge in [-0.15, -0.1) is 10.2 Å². The third kappa shape index (κ3) is 3.28. The first kappa shape index (κ1) is 14.8. The third-order valence-electron chi connectivity index (χ3n) is 3.06. The van der Waals surface area contributed by atoms with Gasteiger partial charge in [0.05, 0.1) is 11.4 Å². The van der Waals surface area contributed by atoms with E-state index in [2.05, 4.69) is 10.2 Å². The van der Waals surface area contributed by atoms with Crippen molar-refractivity contribution in [2.24, 2.45) is 5.41 Å². The summed E-state index contributed by atoms with van der Waals surface area (Å²) < 4.78 is 1.93. The number of carbonyl (C=O) groups excluding carboxylic acids is 1. The van der Waals surface area contributed by atoms with E-state index in [9.17, 15) is 4.79 Å². The normalized spacial score (nSPS) is 11.6. The lowest BCUT2D eigenvalue weighted by Crippen LogP contribution is -2.22. The van der Waals surface area contributed by atoms with Crippen molar-refractivity contribution in [3.05, 3.63) is 36.2 Å². The maximum atomic E-state index is 12.0. The Bertz CT molecular complexity index is 614. The summed E-state index contributed by atoms with van der Waals surface area (Å²) in [6.45, 7) is 7.84. The van der Waals surface area contributed by atoms with E-state index in [1.54, 1.807) is 6.33 Å². The second-order valence-electron chi connectivity index (χ2n) is 5.73. The molecule has 0 atom stereocenters. The second-order valence-corrected chi connectivity index (χ2v) is 6.67. The number of nitrogens with zero attached hydrogens (tertiary/aromatic N) is 3. The Kier molecular flexibility index (Phi) is 4.28. The molecule has 0 radical (unpaired) electrons. The van der Waals surface area contributed by atoms with Crippen molar-refractivity contribution in [1.29, 1.82) is 0 Å². The van der Waals surface area contributed by atoms with Gasteiger partial charge in [0.2, 0.25) is 0 Å². The molecule has 5 heteroatoms. The van der Waals surface area contributed by atoms with Crippen LogP contribution in [-0.2, 0) is 4.79 Å². The molecule has 0 unspecified atom stereocenters. The van der Waals surface area contributed by atoms with Crippen LogP contribution < -0.4 is 0 Å². The zero-order valence-electron chi connectivity index (χ0n) is 12.3. The number of para-hydroxylation sites is 1. The molecule has 2 aromatic rings. The number of ketones is 1. The molecule has 0 spiro atoms. The molecule has 0 aliphatic heterocycles. The molecule has 0 aliphatic rings. The molecule has 20 heavy (non-hydrogen) atoms. The molecule has 0 aliphatic carbocycles. The molecule has 0 saturated carbocycles. The lowest BCUT2D eigenvalue weighted by molar-refractivity contribution is -0.123. The van der Waals surface area contributed by atoms with E-state index in [-0.39, 0.29) is 11.2 Å². The highest BCUT2D eigenvalue weighted by Crippen LogP contribution is 2.24. The largest absolute Gasteiger partial charge is 0.298 e. The quantitative estimate of drug-likeness (QED) is 0.810. The topological polar surface area (TPSA) is 47.8 Å². The van der Waals surface area contributed by atoms with Crippen molar-refractivity contribution in [3.63, 3.8) is 0 Å². The first-order chi connectivity index (χ1) is 9.39. The van der Waals surface area contributed by atoms with E-state index in [0.717, 1.165) is 16.4 Å². The number of aromatic nitrogens is 3. The first-order valence-electron chi connectivity index (χ1n) is 6.52. The maximum absolute atomic E-state index is 12.0. The Morgan fingerprint density at radius 3 is 2.65 bits per heavy atom. The molecule has 106 valence electrons. The van der Waals surface area contributed by atoms with E-state index in [1.165, 1.54) is 11.8 Å². The van der Waals surface area contributed by atoms with Gasteiger partial charge in [0.1, 0.15) is 12.1 Å². The van der Waals surface area contributed by atoms with Crippen LogP contribution in [0.4, 0.5) is 0 Å². The van der Waals surface area contributed by atoms with Crippen LogP contribution in [0.2, 0.25) is 0 Å². The van der Waals surface area contributed by atoms with Crippen molar-refractivity contribution in [3.8, 4) is 5.69 Å². The SMILES string of the molecule is Cc1ccccc1-n1cnnc1SCC(=O)C(C)(C)C. The predicted octanol–water partition coefficient (Wildman–Crippen LogP) is 3.28. The van der Waals surface area contributed by atoms with Crippen molar-refractivity contribution in [2.45, 2.75) is 32.9 Å². The standard InChI is InChI=1S/C15H19N3OS/c1-11-7-5-6-8-12(11)18-10-16-17-14(18)20-9-13(19)15(2,3)4/h5-8,10H,9H2,1-4H3. The number of thioether (sulfide) groups is 1. The number of hydrogen-bond acceptors (Lipinski definition) is 4. The van der Waals surface area contributed by atoms with Gasteiger partial charge in [-0.05, 0) is 18.6 Å². The summed E-state index contributed by atoms with van der Waals surface area (Å²) in [6, 6.07) is 8.05. The molecular formula is C15H19N3OS. The van der Waals surface area contributed by atoms with Crippen LogP contribution >= 0.6 is 11.8 Å². The zero-order chi connectivity index (χ0) is 14.8. The van der Waals surface area contributed by atoms with Gasteiger partial charge in [0.25, 0.3) is 0 Å². The Morgan fingerprint density at radius 1 is 1.30 bits per heavy atom. The van der Waals surface area contributed by atoms with Gasteiger partial charge in [-0.2, -0.15) is 0 Å². The lowest BCUT2D eigenvalue weighted by atomic mass is 9.92. The minimum absolute atomic E-state index is 0.210. The number of rotatable bonds is 4. The number of carbonyl (C=O) groups is 1. The summed E-state index contributed by atoms with van der Waals surface area (Å²) in [5, 5.41) is 8.82. The summed E-state index contributed by atoms with van der Waals surface area (Å²) >= 11 is 1.43. The van der Waals surface area contributed by atoms with E-state index >= 15 is 0 Å². The van der Waals surface area contributed by atoms with E-state index < -0.39 is 0 Å². The van der Waals surface area contributed by atoms with Gasteiger partial charge in [-0.25, -0.2) is 0 Å². The summed E-state index contributed by atoms with van der Waals surface area (Å²) in [5.74, 6) is 0.621. The molecule has 1 heterocycles. The minimum Gasteiger partial charge on any atom is -0.298 e. The lowest BCUT2D eigenvalue weighted by Gasteiger charge is -2.16. The molecule has 1 aromatic carbocycles. The summed E-state index contributed by atoms with van der Waals surface area (Å²) in [4.78, 5) is 12.0. The van der Waals surface area contributed by atoms with Crippen molar-refractivity contribution in [1.82, 2.24) is 14.8 Å². The summed E-state index contributed by atoms with van der Waals surface area (Å²) in [6.07, 6.45) is 1.69. The van der Waals surface area contributed by atoms with Gasteiger partial charge in [0.15, 0.2) is 5.16 Å². The number of aryl methyl sites for hydroxylation is 1. The fourth-order valence-electron chi connectivity index (χ4n) is 1.67. The van der Waals surface area contributed by atoms with E-state index in [4.69, 9.17) is 0 Å². The van der Waals surface area contributed by atoms with Crippen LogP contribution in [0.25, 0.3) is 5.69 Å². The highest BCUT2D eigenvalue weighted by molar-refractivity contribution is 7.99. The average Bonchev–Trinajstić information content (AvgIpc) is 2.83. The third-order valence-corrected chi connectivity index (χ3v) is 4.00. The molecule has 1 aromatic heterocycles. The number of hydrogen-bond donors (Lipinski definition) is 0. The number of benzene rings is 1. The Balaban J connectivity index is 2.18. The second kappa shape index (κ2) is 5.79. The van der Waals surface area contributed by atoms with E-state index in [1.807, 2.05) is 56.5 Å². The fraction of sp³-hybridized carbons (Fsp3) is 0.400. The van der Waals surface area contributed by atoms with Gasteiger partial charge < -0.3 is 0 Å². The molecule has 0 fully saturated rings. The van der Waals surface area contributed by atoms with Gasteiger partial charge in [0, 0.05) is 5.41 Å². The van der Waals surface area contributed by atoms with Crippen LogP contribution in [0.5, 0.6) is 0 Å².